The minimum atomic E-state index is -0.440. The van der Waals surface area contributed by atoms with Crippen LogP contribution in [0.25, 0.3) is 0 Å². The Balaban J connectivity index is 2.27. The average molecular weight is 237 g/mol. The van der Waals surface area contributed by atoms with Gasteiger partial charge < -0.3 is 14.4 Å². The molecular formula is C11H15N3O3. The maximum Gasteiger partial charge on any atom is 0.356 e. The number of carbonyl (C=O) groups is 1. The smallest absolute Gasteiger partial charge is 0.356 e. The van der Waals surface area contributed by atoms with Crippen LogP contribution < -0.4 is 4.90 Å². The van der Waals surface area contributed by atoms with E-state index in [4.69, 9.17) is 4.74 Å². The molecule has 0 spiro atoms. The summed E-state index contributed by atoms with van der Waals surface area (Å²) in [6, 6.07) is 1.62. The zero-order chi connectivity index (χ0) is 12.3. The van der Waals surface area contributed by atoms with Crippen molar-refractivity contribution in [2.45, 2.75) is 6.92 Å². The fraction of sp³-hybridized carbons (Fsp3) is 0.545. The van der Waals surface area contributed by atoms with Crippen LogP contribution in [0.2, 0.25) is 0 Å². The maximum absolute atomic E-state index is 11.4. The minimum absolute atomic E-state index is 0.293. The summed E-state index contributed by atoms with van der Waals surface area (Å²) in [7, 11) is 1.34. The lowest BCUT2D eigenvalue weighted by atomic mass is 10.3. The molecule has 0 amide bonds. The fourth-order valence-electron chi connectivity index (χ4n) is 1.67. The van der Waals surface area contributed by atoms with Crippen molar-refractivity contribution in [3.05, 3.63) is 17.5 Å². The highest BCUT2D eigenvalue weighted by Gasteiger charge is 2.17. The van der Waals surface area contributed by atoms with Gasteiger partial charge in [-0.15, -0.1) is 0 Å². The molecule has 1 fully saturated rings. The Morgan fingerprint density at radius 1 is 1.41 bits per heavy atom. The highest BCUT2D eigenvalue weighted by molar-refractivity contribution is 5.87. The van der Waals surface area contributed by atoms with Crippen molar-refractivity contribution >= 4 is 11.9 Å². The van der Waals surface area contributed by atoms with E-state index in [1.54, 1.807) is 6.07 Å². The molecule has 0 saturated carbocycles. The number of hydrogen-bond donors (Lipinski definition) is 0. The van der Waals surface area contributed by atoms with Crippen LogP contribution in [0.5, 0.6) is 0 Å². The summed E-state index contributed by atoms with van der Waals surface area (Å²) in [4.78, 5) is 22.0. The number of aryl methyl sites for hydroxylation is 1. The lowest BCUT2D eigenvalue weighted by Crippen LogP contribution is -2.37. The van der Waals surface area contributed by atoms with E-state index in [0.717, 1.165) is 18.8 Å². The first kappa shape index (κ1) is 11.8. The molecule has 0 aromatic carbocycles. The van der Waals surface area contributed by atoms with Crippen LogP contribution >= 0.6 is 0 Å². The van der Waals surface area contributed by atoms with Crippen molar-refractivity contribution in [3.63, 3.8) is 0 Å². The van der Waals surface area contributed by atoms with Gasteiger partial charge in [-0.25, -0.2) is 14.8 Å². The van der Waals surface area contributed by atoms with Crippen molar-refractivity contribution in [2.75, 3.05) is 38.3 Å². The van der Waals surface area contributed by atoms with Gasteiger partial charge in [-0.3, -0.25) is 0 Å². The van der Waals surface area contributed by atoms with Gasteiger partial charge in [-0.2, -0.15) is 0 Å². The largest absolute Gasteiger partial charge is 0.464 e. The molecule has 92 valence electrons. The molecule has 17 heavy (non-hydrogen) atoms. The predicted octanol–water partition coefficient (Wildman–Crippen LogP) is 0.408. The Hall–Kier alpha value is -1.69. The Kier molecular flexibility index (Phi) is 3.53. The molecule has 0 radical (unpaired) electrons. The molecule has 1 aliphatic rings. The monoisotopic (exact) mass is 237 g/mol. The summed E-state index contributed by atoms with van der Waals surface area (Å²) in [5.41, 5.74) is 1.04. The second-order valence-electron chi connectivity index (χ2n) is 3.79. The highest BCUT2D eigenvalue weighted by Crippen LogP contribution is 2.12. The summed E-state index contributed by atoms with van der Waals surface area (Å²) in [5.74, 6) is 0.124. The van der Waals surface area contributed by atoms with Crippen LogP contribution in [0.15, 0.2) is 6.07 Å². The molecule has 0 atom stereocenters. The molecule has 0 unspecified atom stereocenters. The van der Waals surface area contributed by atoms with Crippen molar-refractivity contribution in [3.8, 4) is 0 Å². The maximum atomic E-state index is 11.4. The number of esters is 1. The number of morpholine rings is 1. The van der Waals surface area contributed by atoms with Gasteiger partial charge in [0, 0.05) is 18.8 Å². The predicted molar refractivity (Wildman–Crippen MR) is 61.1 cm³/mol. The molecule has 1 saturated heterocycles. The third kappa shape index (κ3) is 2.71. The summed E-state index contributed by atoms with van der Waals surface area (Å²) >= 11 is 0. The van der Waals surface area contributed by atoms with Crippen LogP contribution in [-0.2, 0) is 9.47 Å². The molecule has 0 aliphatic carbocycles. The average Bonchev–Trinajstić information content (AvgIpc) is 2.38. The van der Waals surface area contributed by atoms with Crippen molar-refractivity contribution in [2.24, 2.45) is 0 Å². The molecule has 0 bridgehead atoms. The molecule has 1 aromatic heterocycles. The van der Waals surface area contributed by atoms with Gasteiger partial charge in [0.1, 0.15) is 0 Å². The zero-order valence-corrected chi connectivity index (χ0v) is 9.97. The number of hydrogen-bond acceptors (Lipinski definition) is 6. The first-order valence-electron chi connectivity index (χ1n) is 5.47. The first-order valence-corrected chi connectivity index (χ1v) is 5.47. The van der Waals surface area contributed by atoms with Crippen LogP contribution in [0, 0.1) is 6.92 Å². The Morgan fingerprint density at radius 2 is 2.12 bits per heavy atom. The zero-order valence-electron chi connectivity index (χ0n) is 9.97. The number of nitrogens with zero attached hydrogens (tertiary/aromatic N) is 3. The fourth-order valence-corrected chi connectivity index (χ4v) is 1.67. The third-order valence-corrected chi connectivity index (χ3v) is 2.53. The topological polar surface area (TPSA) is 64.5 Å². The molecule has 6 heteroatoms. The van der Waals surface area contributed by atoms with Crippen molar-refractivity contribution in [1.29, 1.82) is 0 Å². The van der Waals surface area contributed by atoms with E-state index in [9.17, 15) is 4.79 Å². The summed E-state index contributed by atoms with van der Waals surface area (Å²) < 4.78 is 9.92. The molecule has 6 nitrogen and oxygen atoms in total. The number of methoxy groups -OCH3 is 1. The van der Waals surface area contributed by atoms with Gasteiger partial charge in [0.25, 0.3) is 0 Å². The van der Waals surface area contributed by atoms with Gasteiger partial charge in [-0.05, 0) is 13.0 Å². The molecule has 0 N–H and O–H groups in total. The van der Waals surface area contributed by atoms with Gasteiger partial charge in [-0.1, -0.05) is 0 Å². The third-order valence-electron chi connectivity index (χ3n) is 2.53. The van der Waals surface area contributed by atoms with E-state index in [1.165, 1.54) is 7.11 Å². The summed E-state index contributed by atoms with van der Waals surface area (Å²) in [6.45, 7) is 4.63. The SMILES string of the molecule is COC(=O)c1cc(C)nc(N2CCOCC2)n1. The standard InChI is InChI=1S/C11H15N3O3/c1-8-7-9(10(15)16-2)13-11(12-8)14-3-5-17-6-4-14/h7H,3-6H2,1-2H3. The summed E-state index contributed by atoms with van der Waals surface area (Å²) in [6.07, 6.45) is 0. The molecule has 1 aromatic rings. The molecule has 1 aliphatic heterocycles. The number of carbonyl (C=O) groups excluding carboxylic acids is 1. The highest BCUT2D eigenvalue weighted by atomic mass is 16.5. The van der Waals surface area contributed by atoms with Crippen LogP contribution in [0.3, 0.4) is 0 Å². The lowest BCUT2D eigenvalue weighted by Gasteiger charge is -2.27. The van der Waals surface area contributed by atoms with E-state index in [-0.39, 0.29) is 0 Å². The van der Waals surface area contributed by atoms with Crippen LogP contribution in [-0.4, -0.2) is 49.4 Å². The number of anilines is 1. The molecule has 2 heterocycles. The van der Waals surface area contributed by atoms with E-state index < -0.39 is 5.97 Å². The van der Waals surface area contributed by atoms with E-state index >= 15 is 0 Å². The summed E-state index contributed by atoms with van der Waals surface area (Å²) in [5, 5.41) is 0. The number of rotatable bonds is 2. The molecular weight excluding hydrogens is 222 g/mol. The normalized spacial score (nSPS) is 15.8. The van der Waals surface area contributed by atoms with Crippen molar-refractivity contribution in [1.82, 2.24) is 9.97 Å². The first-order chi connectivity index (χ1) is 8.20. The molecule has 2 rings (SSSR count). The quantitative estimate of drug-likeness (QED) is 0.694. The van der Waals surface area contributed by atoms with E-state index in [1.807, 2.05) is 11.8 Å². The van der Waals surface area contributed by atoms with Gasteiger partial charge in [0.05, 0.1) is 20.3 Å². The van der Waals surface area contributed by atoms with E-state index in [2.05, 4.69) is 14.7 Å². The van der Waals surface area contributed by atoms with E-state index in [0.29, 0.717) is 24.9 Å². The second kappa shape index (κ2) is 5.09. The lowest BCUT2D eigenvalue weighted by molar-refractivity contribution is 0.0593. The van der Waals surface area contributed by atoms with Gasteiger partial charge >= 0.3 is 5.97 Å². The Labute approximate surface area is 99.6 Å². The minimum Gasteiger partial charge on any atom is -0.464 e. The number of ether oxygens (including phenoxy) is 2. The van der Waals surface area contributed by atoms with Crippen LogP contribution in [0.4, 0.5) is 5.95 Å². The number of aromatic nitrogens is 2. The van der Waals surface area contributed by atoms with Crippen LogP contribution in [0.1, 0.15) is 16.2 Å². The Bertz CT molecular complexity index is 416. The van der Waals surface area contributed by atoms with Gasteiger partial charge in [0.15, 0.2) is 5.69 Å². The van der Waals surface area contributed by atoms with Gasteiger partial charge in [0.2, 0.25) is 5.95 Å². The Morgan fingerprint density at radius 3 is 2.76 bits per heavy atom. The second-order valence-corrected chi connectivity index (χ2v) is 3.79. The van der Waals surface area contributed by atoms with Crippen molar-refractivity contribution < 1.29 is 14.3 Å².